The molecule has 0 radical (unpaired) electrons. The van der Waals surface area contributed by atoms with Gasteiger partial charge in [-0.1, -0.05) is 45.7 Å². The van der Waals surface area contributed by atoms with Gasteiger partial charge in [0.2, 0.25) is 0 Å². The van der Waals surface area contributed by atoms with Gasteiger partial charge in [0, 0.05) is 11.7 Å². The summed E-state index contributed by atoms with van der Waals surface area (Å²) in [6, 6.07) is 0. The Kier molecular flexibility index (Phi) is 4.71. The summed E-state index contributed by atoms with van der Waals surface area (Å²) in [6.07, 6.45) is 2.74. The quantitative estimate of drug-likeness (QED) is 0.682. The number of ether oxygens (including phenoxy) is 1. The van der Waals surface area contributed by atoms with E-state index in [-0.39, 0.29) is 5.56 Å². The highest BCUT2D eigenvalue weighted by Crippen LogP contribution is 2.48. The largest absolute Gasteiger partial charge is 0.347 e. The number of alkyl halides is 1. The molecule has 1 saturated carbocycles. The van der Waals surface area contributed by atoms with E-state index in [9.17, 15) is 0 Å². The average molecular weight is 277 g/mol. The van der Waals surface area contributed by atoms with Gasteiger partial charge in [-0.2, -0.15) is 0 Å². The molecule has 0 amide bonds. The SMILES string of the molecule is CC(C)C1CCC(C)C(C)C1C1OC(Cl)CS1. The van der Waals surface area contributed by atoms with Gasteiger partial charge in [-0.05, 0) is 30.1 Å². The molecule has 2 fully saturated rings. The van der Waals surface area contributed by atoms with Gasteiger partial charge in [-0.15, -0.1) is 11.8 Å². The second kappa shape index (κ2) is 5.71. The highest BCUT2D eigenvalue weighted by atomic mass is 35.5. The van der Waals surface area contributed by atoms with E-state index in [4.69, 9.17) is 16.3 Å². The molecule has 6 atom stereocenters. The Morgan fingerprint density at radius 2 is 1.94 bits per heavy atom. The Morgan fingerprint density at radius 1 is 1.24 bits per heavy atom. The van der Waals surface area contributed by atoms with E-state index < -0.39 is 0 Å². The third kappa shape index (κ3) is 2.96. The molecule has 2 rings (SSSR count). The first kappa shape index (κ1) is 14.0. The van der Waals surface area contributed by atoms with Crippen molar-refractivity contribution in [3.63, 3.8) is 0 Å². The Morgan fingerprint density at radius 3 is 2.47 bits per heavy atom. The van der Waals surface area contributed by atoms with E-state index in [1.54, 1.807) is 0 Å². The Bertz CT molecular complexity index is 259. The number of hydrogen-bond acceptors (Lipinski definition) is 2. The summed E-state index contributed by atoms with van der Waals surface area (Å²) in [5.74, 6) is 4.79. The van der Waals surface area contributed by atoms with Gasteiger partial charge in [-0.25, -0.2) is 0 Å². The van der Waals surface area contributed by atoms with Crippen molar-refractivity contribution in [3.8, 4) is 0 Å². The Labute approximate surface area is 115 Å². The van der Waals surface area contributed by atoms with Crippen molar-refractivity contribution in [3.05, 3.63) is 0 Å². The molecule has 100 valence electrons. The van der Waals surface area contributed by atoms with Crippen LogP contribution in [0.4, 0.5) is 0 Å². The van der Waals surface area contributed by atoms with E-state index in [1.807, 2.05) is 11.8 Å². The lowest BCUT2D eigenvalue weighted by atomic mass is 9.65. The first-order chi connectivity index (χ1) is 8.00. The summed E-state index contributed by atoms with van der Waals surface area (Å²) >= 11 is 8.02. The second-order valence-electron chi connectivity index (χ2n) is 6.15. The zero-order valence-corrected chi connectivity index (χ0v) is 12.9. The lowest BCUT2D eigenvalue weighted by Crippen LogP contribution is -2.40. The van der Waals surface area contributed by atoms with Crippen LogP contribution in [0.3, 0.4) is 0 Å². The van der Waals surface area contributed by atoms with Crippen LogP contribution in [0.2, 0.25) is 0 Å². The summed E-state index contributed by atoms with van der Waals surface area (Å²) in [4.78, 5) is 0. The molecule has 1 aliphatic heterocycles. The maximum atomic E-state index is 6.09. The fraction of sp³-hybridized carbons (Fsp3) is 1.00. The molecule has 3 heteroatoms. The second-order valence-corrected chi connectivity index (χ2v) is 7.76. The summed E-state index contributed by atoms with van der Waals surface area (Å²) in [5, 5.41) is 0. The molecular weight excluding hydrogens is 252 g/mol. The molecule has 2 aliphatic rings. The molecule has 0 N–H and O–H groups in total. The normalized spacial score (nSPS) is 47.6. The van der Waals surface area contributed by atoms with Crippen LogP contribution in [-0.4, -0.2) is 16.8 Å². The minimum atomic E-state index is -0.0674. The van der Waals surface area contributed by atoms with Crippen LogP contribution in [0.1, 0.15) is 40.5 Å². The van der Waals surface area contributed by atoms with Crippen molar-refractivity contribution in [1.82, 2.24) is 0 Å². The maximum Gasteiger partial charge on any atom is 0.141 e. The molecule has 0 bridgehead atoms. The smallest absolute Gasteiger partial charge is 0.141 e. The molecule has 0 spiro atoms. The zero-order chi connectivity index (χ0) is 12.6. The Balaban J connectivity index is 2.12. The number of rotatable bonds is 2. The number of hydrogen-bond donors (Lipinski definition) is 0. The van der Waals surface area contributed by atoms with Gasteiger partial charge in [0.25, 0.3) is 0 Å². The van der Waals surface area contributed by atoms with Gasteiger partial charge >= 0.3 is 0 Å². The predicted octanol–water partition coefficient (Wildman–Crippen LogP) is 4.60. The first-order valence-corrected chi connectivity index (χ1v) is 8.40. The van der Waals surface area contributed by atoms with Crippen LogP contribution < -0.4 is 0 Å². The topological polar surface area (TPSA) is 9.23 Å². The minimum Gasteiger partial charge on any atom is -0.347 e. The van der Waals surface area contributed by atoms with Crippen LogP contribution in [0.15, 0.2) is 0 Å². The summed E-state index contributed by atoms with van der Waals surface area (Å²) in [6.45, 7) is 9.53. The molecule has 0 aromatic heterocycles. The van der Waals surface area contributed by atoms with Crippen molar-refractivity contribution in [2.24, 2.45) is 29.6 Å². The third-order valence-corrected chi connectivity index (χ3v) is 6.49. The van der Waals surface area contributed by atoms with Crippen molar-refractivity contribution in [2.75, 3.05) is 5.75 Å². The van der Waals surface area contributed by atoms with Gasteiger partial charge in [0.15, 0.2) is 0 Å². The lowest BCUT2D eigenvalue weighted by molar-refractivity contribution is -0.0173. The van der Waals surface area contributed by atoms with Crippen LogP contribution in [0, 0.1) is 29.6 Å². The lowest BCUT2D eigenvalue weighted by Gasteiger charge is -2.44. The van der Waals surface area contributed by atoms with E-state index in [0.717, 1.165) is 29.4 Å². The summed E-state index contributed by atoms with van der Waals surface area (Å²) < 4.78 is 5.93. The van der Waals surface area contributed by atoms with Crippen molar-refractivity contribution in [1.29, 1.82) is 0 Å². The van der Waals surface area contributed by atoms with Gasteiger partial charge < -0.3 is 4.74 Å². The maximum absolute atomic E-state index is 6.09. The van der Waals surface area contributed by atoms with Gasteiger partial charge in [0.1, 0.15) is 11.0 Å². The molecule has 17 heavy (non-hydrogen) atoms. The molecule has 1 aliphatic carbocycles. The summed E-state index contributed by atoms with van der Waals surface area (Å²) in [7, 11) is 0. The Hall–Kier alpha value is 0.600. The zero-order valence-electron chi connectivity index (χ0n) is 11.4. The average Bonchev–Trinajstić information content (AvgIpc) is 2.68. The predicted molar refractivity (Wildman–Crippen MR) is 76.4 cm³/mol. The minimum absolute atomic E-state index is 0.0674. The molecule has 1 nitrogen and oxygen atoms in total. The van der Waals surface area contributed by atoms with E-state index in [2.05, 4.69) is 27.7 Å². The summed E-state index contributed by atoms with van der Waals surface area (Å²) in [5.41, 5.74) is 0.268. The van der Waals surface area contributed by atoms with Crippen LogP contribution in [0.5, 0.6) is 0 Å². The fourth-order valence-electron chi connectivity index (χ4n) is 3.50. The highest BCUT2D eigenvalue weighted by Gasteiger charge is 2.44. The molecule has 1 saturated heterocycles. The van der Waals surface area contributed by atoms with Gasteiger partial charge in [0.05, 0.1) is 0 Å². The van der Waals surface area contributed by atoms with E-state index >= 15 is 0 Å². The molecular formula is C14H25ClOS. The van der Waals surface area contributed by atoms with E-state index in [0.29, 0.717) is 11.4 Å². The van der Waals surface area contributed by atoms with Gasteiger partial charge in [-0.3, -0.25) is 0 Å². The van der Waals surface area contributed by atoms with Crippen LogP contribution >= 0.6 is 23.4 Å². The van der Waals surface area contributed by atoms with Crippen molar-refractivity contribution in [2.45, 2.75) is 51.5 Å². The third-order valence-electron chi connectivity index (χ3n) is 4.80. The highest BCUT2D eigenvalue weighted by molar-refractivity contribution is 8.00. The molecule has 0 aromatic rings. The number of thioether (sulfide) groups is 1. The van der Waals surface area contributed by atoms with Crippen LogP contribution in [-0.2, 0) is 4.74 Å². The van der Waals surface area contributed by atoms with Crippen LogP contribution in [0.25, 0.3) is 0 Å². The first-order valence-electron chi connectivity index (χ1n) is 6.91. The van der Waals surface area contributed by atoms with E-state index in [1.165, 1.54) is 12.8 Å². The van der Waals surface area contributed by atoms with Crippen molar-refractivity contribution < 1.29 is 4.74 Å². The standard InChI is InChI=1S/C14H25ClOS/c1-8(2)11-6-5-9(3)10(4)13(11)14-16-12(15)7-17-14/h8-14H,5-7H2,1-4H3. The molecule has 0 aromatic carbocycles. The fourth-order valence-corrected chi connectivity index (χ4v) is 5.20. The molecule has 1 heterocycles. The van der Waals surface area contributed by atoms with Crippen molar-refractivity contribution >= 4 is 23.4 Å². The monoisotopic (exact) mass is 276 g/mol. The molecule has 6 unspecified atom stereocenters. The number of halogens is 1.